The summed E-state index contributed by atoms with van der Waals surface area (Å²) in [6.45, 7) is 3.28. The summed E-state index contributed by atoms with van der Waals surface area (Å²) in [5.41, 5.74) is 1.23. The third-order valence-corrected chi connectivity index (χ3v) is 7.04. The SMILES string of the molecule is CC(C)[C@H](C(=O)O)N(Cc1ccccc1)S(=O)(=O)c1ccc2[nH]c(=O)sc2c1. The van der Waals surface area contributed by atoms with Gasteiger partial charge in [-0.2, -0.15) is 4.31 Å². The van der Waals surface area contributed by atoms with E-state index in [2.05, 4.69) is 4.98 Å². The standard InChI is InChI=1S/C19H20N2O5S2/c1-12(2)17(18(22)23)21(11-13-6-4-3-5-7-13)28(25,26)14-8-9-15-16(10-14)27-19(24)20-15/h3-10,12,17H,11H2,1-2H3,(H,20,24)(H,22,23)/t17-/m1/s1. The van der Waals surface area contributed by atoms with Gasteiger partial charge < -0.3 is 10.1 Å². The van der Waals surface area contributed by atoms with Crippen LogP contribution >= 0.6 is 11.3 Å². The normalized spacial score (nSPS) is 13.3. The van der Waals surface area contributed by atoms with Crippen LogP contribution in [-0.2, 0) is 21.4 Å². The highest BCUT2D eigenvalue weighted by Crippen LogP contribution is 2.27. The van der Waals surface area contributed by atoms with E-state index in [-0.39, 0.29) is 16.3 Å². The van der Waals surface area contributed by atoms with Crippen LogP contribution in [0.3, 0.4) is 0 Å². The average molecular weight is 421 g/mol. The van der Waals surface area contributed by atoms with Crippen molar-refractivity contribution in [3.05, 3.63) is 63.8 Å². The Bertz CT molecular complexity index is 1150. The van der Waals surface area contributed by atoms with Gasteiger partial charge in [0.05, 0.1) is 15.1 Å². The summed E-state index contributed by atoms with van der Waals surface area (Å²) in [6.07, 6.45) is 0. The molecule has 3 aromatic rings. The van der Waals surface area contributed by atoms with Crippen molar-refractivity contribution in [3.8, 4) is 0 Å². The zero-order valence-electron chi connectivity index (χ0n) is 15.3. The maximum Gasteiger partial charge on any atom is 0.322 e. The highest BCUT2D eigenvalue weighted by molar-refractivity contribution is 7.89. The minimum atomic E-state index is -4.13. The Morgan fingerprint density at radius 1 is 1.18 bits per heavy atom. The molecular formula is C19H20N2O5S2. The zero-order chi connectivity index (χ0) is 20.5. The van der Waals surface area contributed by atoms with Crippen LogP contribution in [0.15, 0.2) is 58.2 Å². The number of H-pyrrole nitrogens is 1. The quantitative estimate of drug-likeness (QED) is 0.611. The molecule has 1 atom stereocenters. The van der Waals surface area contributed by atoms with E-state index in [1.807, 2.05) is 0 Å². The number of sulfonamides is 1. The lowest BCUT2D eigenvalue weighted by Crippen LogP contribution is -2.47. The largest absolute Gasteiger partial charge is 0.480 e. The molecule has 0 aliphatic carbocycles. The Balaban J connectivity index is 2.12. The number of carboxylic acid groups (broad SMARTS) is 1. The third kappa shape index (κ3) is 4.01. The summed E-state index contributed by atoms with van der Waals surface area (Å²) in [4.78, 5) is 25.8. The van der Waals surface area contributed by atoms with Gasteiger partial charge in [0.1, 0.15) is 6.04 Å². The molecule has 0 fully saturated rings. The first-order valence-corrected chi connectivity index (χ1v) is 10.9. The van der Waals surface area contributed by atoms with Crippen molar-refractivity contribution < 1.29 is 18.3 Å². The molecule has 1 heterocycles. The number of carbonyl (C=O) groups is 1. The highest BCUT2D eigenvalue weighted by Gasteiger charge is 2.38. The van der Waals surface area contributed by atoms with Gasteiger partial charge in [0.15, 0.2) is 0 Å². The zero-order valence-corrected chi connectivity index (χ0v) is 17.0. The van der Waals surface area contributed by atoms with E-state index in [0.717, 1.165) is 15.6 Å². The van der Waals surface area contributed by atoms with Crippen LogP contribution in [0.2, 0.25) is 0 Å². The summed E-state index contributed by atoms with van der Waals surface area (Å²) < 4.78 is 28.4. The molecule has 0 unspecified atom stereocenters. The van der Waals surface area contributed by atoms with Crippen molar-refractivity contribution in [2.45, 2.75) is 31.3 Å². The number of hydrogen-bond donors (Lipinski definition) is 2. The van der Waals surface area contributed by atoms with E-state index >= 15 is 0 Å². The molecule has 7 nitrogen and oxygen atoms in total. The minimum Gasteiger partial charge on any atom is -0.480 e. The first-order valence-electron chi connectivity index (χ1n) is 8.61. The molecule has 148 valence electrons. The highest BCUT2D eigenvalue weighted by atomic mass is 32.2. The Labute approximate surface area is 166 Å². The van der Waals surface area contributed by atoms with Gasteiger partial charge in [-0.25, -0.2) is 8.42 Å². The van der Waals surface area contributed by atoms with Crippen LogP contribution in [0.4, 0.5) is 0 Å². The Morgan fingerprint density at radius 3 is 2.46 bits per heavy atom. The van der Waals surface area contributed by atoms with E-state index in [1.165, 1.54) is 18.2 Å². The summed E-state index contributed by atoms with van der Waals surface area (Å²) in [5, 5.41) is 9.73. The fourth-order valence-corrected chi connectivity index (χ4v) is 5.64. The van der Waals surface area contributed by atoms with Crippen LogP contribution in [0.1, 0.15) is 19.4 Å². The topological polar surface area (TPSA) is 108 Å². The Morgan fingerprint density at radius 2 is 1.86 bits per heavy atom. The molecular weight excluding hydrogens is 400 g/mol. The molecule has 9 heteroatoms. The van der Waals surface area contributed by atoms with Crippen molar-refractivity contribution in [2.75, 3.05) is 0 Å². The van der Waals surface area contributed by atoms with Crippen LogP contribution in [0.5, 0.6) is 0 Å². The van der Waals surface area contributed by atoms with Gasteiger partial charge in [0.25, 0.3) is 0 Å². The second-order valence-electron chi connectivity index (χ2n) is 6.74. The van der Waals surface area contributed by atoms with E-state index in [1.54, 1.807) is 44.2 Å². The number of nitrogens with zero attached hydrogens (tertiary/aromatic N) is 1. The molecule has 0 aliphatic heterocycles. The molecule has 0 aliphatic rings. The lowest BCUT2D eigenvalue weighted by molar-refractivity contribution is -0.143. The van der Waals surface area contributed by atoms with Gasteiger partial charge in [-0.1, -0.05) is 55.5 Å². The van der Waals surface area contributed by atoms with Crippen molar-refractivity contribution >= 4 is 37.5 Å². The molecule has 0 saturated heterocycles. The monoisotopic (exact) mass is 420 g/mol. The lowest BCUT2D eigenvalue weighted by Gasteiger charge is -2.30. The maximum atomic E-state index is 13.4. The molecule has 2 aromatic carbocycles. The average Bonchev–Trinajstić information content (AvgIpc) is 3.00. The van der Waals surface area contributed by atoms with Crippen molar-refractivity contribution in [2.24, 2.45) is 5.92 Å². The second-order valence-corrected chi connectivity index (χ2v) is 9.64. The van der Waals surface area contributed by atoms with E-state index < -0.39 is 28.0 Å². The number of hydrogen-bond acceptors (Lipinski definition) is 5. The molecule has 0 amide bonds. The summed E-state index contributed by atoms with van der Waals surface area (Å²) in [6, 6.07) is 11.9. The van der Waals surface area contributed by atoms with Gasteiger partial charge in [0, 0.05) is 6.54 Å². The van der Waals surface area contributed by atoms with E-state index in [4.69, 9.17) is 0 Å². The number of carboxylic acids is 1. The van der Waals surface area contributed by atoms with Crippen molar-refractivity contribution in [3.63, 3.8) is 0 Å². The number of nitrogens with one attached hydrogen (secondary N) is 1. The van der Waals surface area contributed by atoms with Gasteiger partial charge in [-0.05, 0) is 29.7 Å². The summed E-state index contributed by atoms with van der Waals surface area (Å²) in [7, 11) is -4.13. The number of thiazole rings is 1. The first-order chi connectivity index (χ1) is 13.2. The number of rotatable bonds is 7. The predicted octanol–water partition coefficient (Wildman–Crippen LogP) is 2.89. The van der Waals surface area contributed by atoms with E-state index in [0.29, 0.717) is 15.8 Å². The van der Waals surface area contributed by atoms with Gasteiger partial charge in [0.2, 0.25) is 10.0 Å². The van der Waals surface area contributed by atoms with Gasteiger partial charge >= 0.3 is 10.8 Å². The maximum absolute atomic E-state index is 13.4. The Kier molecular flexibility index (Phi) is 5.69. The van der Waals surface area contributed by atoms with Crippen LogP contribution < -0.4 is 4.87 Å². The van der Waals surface area contributed by atoms with E-state index in [9.17, 15) is 23.1 Å². The van der Waals surface area contributed by atoms with Crippen LogP contribution in [0, 0.1) is 5.92 Å². The number of fused-ring (bicyclic) bond motifs is 1. The number of benzene rings is 2. The number of aromatic nitrogens is 1. The molecule has 0 spiro atoms. The molecule has 3 rings (SSSR count). The molecule has 0 saturated carbocycles. The van der Waals surface area contributed by atoms with Crippen LogP contribution in [-0.4, -0.2) is 34.8 Å². The second kappa shape index (κ2) is 7.86. The molecule has 0 bridgehead atoms. The third-order valence-electron chi connectivity index (χ3n) is 4.38. The molecule has 28 heavy (non-hydrogen) atoms. The lowest BCUT2D eigenvalue weighted by atomic mass is 10.0. The van der Waals surface area contributed by atoms with Crippen LogP contribution in [0.25, 0.3) is 10.2 Å². The fourth-order valence-electron chi connectivity index (χ4n) is 3.06. The van der Waals surface area contributed by atoms with Gasteiger partial charge in [-0.3, -0.25) is 9.59 Å². The van der Waals surface area contributed by atoms with Crippen molar-refractivity contribution in [1.82, 2.24) is 9.29 Å². The number of aliphatic carboxylic acids is 1. The molecule has 1 aromatic heterocycles. The number of aromatic amines is 1. The first kappa shape index (κ1) is 20.2. The fraction of sp³-hybridized carbons (Fsp3) is 0.263. The molecule has 0 radical (unpaired) electrons. The van der Waals surface area contributed by atoms with Gasteiger partial charge in [-0.15, -0.1) is 0 Å². The van der Waals surface area contributed by atoms with Crippen molar-refractivity contribution in [1.29, 1.82) is 0 Å². The summed E-state index contributed by atoms with van der Waals surface area (Å²) >= 11 is 0.909. The Hall–Kier alpha value is -2.49. The minimum absolute atomic E-state index is 0.0434. The molecule has 2 N–H and O–H groups in total. The predicted molar refractivity (Wildman–Crippen MR) is 108 cm³/mol. The smallest absolute Gasteiger partial charge is 0.322 e. The summed E-state index contributed by atoms with van der Waals surface area (Å²) in [5.74, 6) is -1.65.